The third kappa shape index (κ3) is 4.48. The fraction of sp³-hybridized carbons (Fsp3) is 0.0526. The molecule has 5 N–H and O–H groups in total. The molecule has 0 unspecified atom stereocenters. The standard InChI is InChI=1S/C19H16Cl2N8/c1-10(23)5-17(26-11(2)24)27-19-13-9-29(28-16(13)3-4-25-19)18-14(20)6-12(8-22)7-15(18)21/h3-7,9H,1,23H2,2H3,(H2,24,26)(H,25,27)/b17-5+. The third-order valence-corrected chi connectivity index (χ3v) is 4.25. The van der Waals surface area contributed by atoms with Crippen molar-refractivity contribution in [3.8, 4) is 11.8 Å². The van der Waals surface area contributed by atoms with E-state index in [9.17, 15) is 0 Å². The molecule has 0 aliphatic heterocycles. The Kier molecular flexibility index (Phi) is 5.73. The summed E-state index contributed by atoms with van der Waals surface area (Å²) in [6.45, 7) is 5.29. The Morgan fingerprint density at radius 1 is 1.34 bits per heavy atom. The van der Waals surface area contributed by atoms with E-state index < -0.39 is 0 Å². The lowest BCUT2D eigenvalue weighted by Gasteiger charge is -2.08. The van der Waals surface area contributed by atoms with E-state index in [1.165, 1.54) is 22.9 Å². The second kappa shape index (κ2) is 8.22. The van der Waals surface area contributed by atoms with Crippen molar-refractivity contribution in [2.24, 2.45) is 16.5 Å². The van der Waals surface area contributed by atoms with Crippen LogP contribution in [0.3, 0.4) is 0 Å². The second-order valence-corrected chi connectivity index (χ2v) is 6.86. The van der Waals surface area contributed by atoms with Crippen LogP contribution in [0.25, 0.3) is 16.6 Å². The van der Waals surface area contributed by atoms with Crippen LogP contribution in [-0.2, 0) is 0 Å². The smallest absolute Gasteiger partial charge is 0.142 e. The summed E-state index contributed by atoms with van der Waals surface area (Å²) >= 11 is 12.6. The largest absolute Gasteiger partial charge is 0.399 e. The number of anilines is 1. The van der Waals surface area contributed by atoms with Crippen molar-refractivity contribution in [1.29, 1.82) is 5.26 Å². The first kappa shape index (κ1) is 20.2. The summed E-state index contributed by atoms with van der Waals surface area (Å²) in [5.41, 5.74) is 13.1. The first-order valence-electron chi connectivity index (χ1n) is 8.26. The molecule has 3 rings (SSSR count). The lowest BCUT2D eigenvalue weighted by molar-refractivity contribution is 0.896. The maximum Gasteiger partial charge on any atom is 0.142 e. The molecule has 2 heterocycles. The lowest BCUT2D eigenvalue weighted by Crippen LogP contribution is -2.10. The molecular weight excluding hydrogens is 411 g/mol. The number of aromatic nitrogens is 3. The van der Waals surface area contributed by atoms with Gasteiger partial charge < -0.3 is 16.8 Å². The number of amidine groups is 1. The Hall–Kier alpha value is -3.54. The van der Waals surface area contributed by atoms with Gasteiger partial charge in [0.15, 0.2) is 0 Å². The zero-order valence-electron chi connectivity index (χ0n) is 15.3. The van der Waals surface area contributed by atoms with Crippen molar-refractivity contribution < 1.29 is 0 Å². The fourth-order valence-electron chi connectivity index (χ4n) is 2.59. The van der Waals surface area contributed by atoms with Gasteiger partial charge >= 0.3 is 0 Å². The predicted octanol–water partition coefficient (Wildman–Crippen LogP) is 3.70. The van der Waals surface area contributed by atoms with Gasteiger partial charge in [0.1, 0.15) is 17.3 Å². The highest BCUT2D eigenvalue weighted by atomic mass is 35.5. The van der Waals surface area contributed by atoms with E-state index in [0.717, 1.165) is 0 Å². The van der Waals surface area contributed by atoms with E-state index in [1.807, 2.05) is 6.07 Å². The predicted molar refractivity (Wildman–Crippen MR) is 116 cm³/mol. The summed E-state index contributed by atoms with van der Waals surface area (Å²) in [6.07, 6.45) is 4.85. The van der Waals surface area contributed by atoms with Gasteiger partial charge in [0, 0.05) is 24.2 Å². The van der Waals surface area contributed by atoms with Crippen molar-refractivity contribution in [2.75, 3.05) is 5.32 Å². The highest BCUT2D eigenvalue weighted by Gasteiger charge is 2.15. The Morgan fingerprint density at radius 2 is 2.03 bits per heavy atom. The van der Waals surface area contributed by atoms with Crippen molar-refractivity contribution in [2.45, 2.75) is 6.92 Å². The van der Waals surface area contributed by atoms with Crippen LogP contribution in [0.4, 0.5) is 5.82 Å². The zero-order chi connectivity index (χ0) is 21.1. The first-order valence-corrected chi connectivity index (χ1v) is 9.02. The SMILES string of the molecule is C=C(N)/C=C(\N=C(C)N)Nc1nccc2nn(-c3c(Cl)cc(C#N)cc3Cl)cc12. The van der Waals surface area contributed by atoms with Crippen molar-refractivity contribution >= 4 is 45.8 Å². The number of nitrogens with two attached hydrogens (primary N) is 2. The highest BCUT2D eigenvalue weighted by molar-refractivity contribution is 6.38. The van der Waals surface area contributed by atoms with Crippen LogP contribution < -0.4 is 16.8 Å². The van der Waals surface area contributed by atoms with Crippen molar-refractivity contribution in [3.63, 3.8) is 0 Å². The molecule has 29 heavy (non-hydrogen) atoms. The van der Waals surface area contributed by atoms with Crippen LogP contribution in [-0.4, -0.2) is 20.6 Å². The number of allylic oxidation sites excluding steroid dienone is 1. The topological polar surface area (TPSA) is 131 Å². The summed E-state index contributed by atoms with van der Waals surface area (Å²) < 4.78 is 1.53. The van der Waals surface area contributed by atoms with Crippen molar-refractivity contribution in [3.05, 3.63) is 70.4 Å². The molecular formula is C19H16Cl2N8. The van der Waals surface area contributed by atoms with Gasteiger partial charge in [-0.25, -0.2) is 14.7 Å². The average Bonchev–Trinajstić information content (AvgIpc) is 3.04. The van der Waals surface area contributed by atoms with Crippen molar-refractivity contribution in [1.82, 2.24) is 14.8 Å². The van der Waals surface area contributed by atoms with E-state index in [4.69, 9.17) is 39.9 Å². The molecule has 1 aromatic carbocycles. The summed E-state index contributed by atoms with van der Waals surface area (Å²) in [5, 5.41) is 17.9. The van der Waals surface area contributed by atoms with Gasteiger partial charge in [-0.2, -0.15) is 10.4 Å². The minimum absolute atomic E-state index is 0.299. The number of hydrogen-bond acceptors (Lipinski definition) is 6. The zero-order valence-corrected chi connectivity index (χ0v) is 16.8. The fourth-order valence-corrected chi connectivity index (χ4v) is 3.25. The molecule has 10 heteroatoms. The van der Waals surface area contributed by atoms with Gasteiger partial charge in [-0.05, 0) is 25.1 Å². The van der Waals surface area contributed by atoms with E-state index >= 15 is 0 Å². The number of rotatable bonds is 5. The summed E-state index contributed by atoms with van der Waals surface area (Å²) in [7, 11) is 0. The molecule has 0 bridgehead atoms. The first-order chi connectivity index (χ1) is 13.8. The number of pyridine rings is 1. The van der Waals surface area contributed by atoms with Crippen LogP contribution in [0.2, 0.25) is 10.0 Å². The molecule has 0 aliphatic rings. The number of nitrogens with one attached hydrogen (secondary N) is 1. The Bertz CT molecular complexity index is 1190. The number of benzene rings is 1. The summed E-state index contributed by atoms with van der Waals surface area (Å²) in [4.78, 5) is 8.54. The number of fused-ring (bicyclic) bond motifs is 1. The van der Waals surface area contributed by atoms with Crippen LogP contribution in [0.5, 0.6) is 0 Å². The maximum absolute atomic E-state index is 9.06. The van der Waals surface area contributed by atoms with Gasteiger partial charge in [-0.15, -0.1) is 0 Å². The van der Waals surface area contributed by atoms with Crippen LogP contribution in [0, 0.1) is 11.3 Å². The van der Waals surface area contributed by atoms with E-state index in [2.05, 4.69) is 27.0 Å². The van der Waals surface area contributed by atoms with E-state index in [-0.39, 0.29) is 0 Å². The second-order valence-electron chi connectivity index (χ2n) is 6.05. The van der Waals surface area contributed by atoms with Gasteiger partial charge in [0.05, 0.1) is 38.4 Å². The molecule has 0 atom stereocenters. The average molecular weight is 427 g/mol. The Balaban J connectivity index is 2.11. The Morgan fingerprint density at radius 3 is 2.62 bits per heavy atom. The minimum atomic E-state index is 0.299. The normalized spacial score (nSPS) is 12.1. The monoisotopic (exact) mass is 426 g/mol. The molecule has 0 aliphatic carbocycles. The maximum atomic E-state index is 9.06. The molecule has 146 valence electrons. The van der Waals surface area contributed by atoms with Crippen LogP contribution in [0.1, 0.15) is 12.5 Å². The Labute approximate surface area is 176 Å². The number of aliphatic imine (C=N–C) groups is 1. The molecule has 0 spiro atoms. The van der Waals surface area contributed by atoms with E-state index in [1.54, 1.807) is 25.4 Å². The summed E-state index contributed by atoms with van der Waals surface area (Å²) in [6, 6.07) is 6.81. The number of hydrogen-bond donors (Lipinski definition) is 3. The van der Waals surface area contributed by atoms with Gasteiger partial charge in [0.2, 0.25) is 0 Å². The molecule has 0 fully saturated rings. The molecule has 0 radical (unpaired) electrons. The van der Waals surface area contributed by atoms with Gasteiger partial charge in [0.25, 0.3) is 0 Å². The van der Waals surface area contributed by atoms with Crippen LogP contribution in [0.15, 0.2) is 59.8 Å². The minimum Gasteiger partial charge on any atom is -0.399 e. The molecule has 0 amide bonds. The number of halogens is 2. The number of nitriles is 1. The molecule has 2 aromatic heterocycles. The summed E-state index contributed by atoms with van der Waals surface area (Å²) in [5.74, 6) is 1.19. The van der Waals surface area contributed by atoms with Gasteiger partial charge in [-0.3, -0.25) is 0 Å². The number of nitrogens with zero attached hydrogens (tertiary/aromatic N) is 5. The lowest BCUT2D eigenvalue weighted by atomic mass is 10.2. The molecule has 0 saturated heterocycles. The molecule has 0 saturated carbocycles. The quantitative estimate of drug-likeness (QED) is 0.323. The third-order valence-electron chi connectivity index (χ3n) is 3.67. The van der Waals surface area contributed by atoms with Crippen LogP contribution >= 0.6 is 23.2 Å². The highest BCUT2D eigenvalue weighted by Crippen LogP contribution is 2.32. The van der Waals surface area contributed by atoms with Gasteiger partial charge in [-0.1, -0.05) is 29.8 Å². The van der Waals surface area contributed by atoms with E-state index in [0.29, 0.717) is 55.4 Å². The molecule has 3 aromatic rings. The molecule has 8 nitrogen and oxygen atoms in total.